The quantitative estimate of drug-likeness (QED) is 0.406. The average molecular weight is 456 g/mol. The first-order valence-corrected chi connectivity index (χ1v) is 12.0. The van der Waals surface area contributed by atoms with Crippen LogP contribution in [-0.4, -0.2) is 31.4 Å². The Hall–Kier alpha value is -3.45. The Morgan fingerprint density at radius 1 is 0.970 bits per heavy atom. The summed E-state index contributed by atoms with van der Waals surface area (Å²) < 4.78 is 2.01. The van der Waals surface area contributed by atoms with Gasteiger partial charge in [0.1, 0.15) is 0 Å². The van der Waals surface area contributed by atoms with E-state index in [-0.39, 0.29) is 11.7 Å². The van der Waals surface area contributed by atoms with Gasteiger partial charge in [-0.2, -0.15) is 0 Å². The highest BCUT2D eigenvalue weighted by atomic mass is 32.2. The molecule has 2 aromatic heterocycles. The first-order valence-electron chi connectivity index (χ1n) is 11.1. The van der Waals surface area contributed by atoms with Gasteiger partial charge in [0.25, 0.3) is 0 Å². The number of benzene rings is 2. The highest BCUT2D eigenvalue weighted by Gasteiger charge is 2.18. The first-order chi connectivity index (χ1) is 16.1. The second-order valence-electron chi connectivity index (χ2n) is 8.32. The summed E-state index contributed by atoms with van der Waals surface area (Å²) in [5, 5.41) is 12.6. The Kier molecular flexibility index (Phi) is 5.96. The maximum atomic E-state index is 12.7. The van der Waals surface area contributed by atoms with Gasteiger partial charge >= 0.3 is 0 Å². The van der Waals surface area contributed by atoms with E-state index in [0.29, 0.717) is 5.16 Å². The highest BCUT2D eigenvalue weighted by Crippen LogP contribution is 2.29. The molecule has 1 N–H and O–H groups in total. The number of amides is 1. The molecule has 33 heavy (non-hydrogen) atoms. The maximum Gasteiger partial charge on any atom is 0.234 e. The Labute approximate surface area is 197 Å². The van der Waals surface area contributed by atoms with E-state index in [9.17, 15) is 4.79 Å². The van der Waals surface area contributed by atoms with Crippen molar-refractivity contribution >= 4 is 23.4 Å². The van der Waals surface area contributed by atoms with E-state index in [1.807, 2.05) is 22.8 Å². The lowest BCUT2D eigenvalue weighted by Gasteiger charge is -2.12. The van der Waals surface area contributed by atoms with Crippen LogP contribution in [0.15, 0.2) is 66.1 Å². The number of fused-ring (bicyclic) bond motifs is 1. The van der Waals surface area contributed by atoms with Crippen LogP contribution in [0.3, 0.4) is 0 Å². The van der Waals surface area contributed by atoms with Gasteiger partial charge in [0.15, 0.2) is 11.0 Å². The van der Waals surface area contributed by atoms with Gasteiger partial charge in [-0.25, -0.2) is 0 Å². The summed E-state index contributed by atoms with van der Waals surface area (Å²) >= 11 is 1.38. The Bertz CT molecular complexity index is 1320. The van der Waals surface area contributed by atoms with Crippen LogP contribution in [0.4, 0.5) is 5.69 Å². The van der Waals surface area contributed by atoms with E-state index in [1.165, 1.54) is 40.4 Å². The van der Waals surface area contributed by atoms with Crippen LogP contribution in [0, 0.1) is 13.8 Å². The summed E-state index contributed by atoms with van der Waals surface area (Å²) in [4.78, 5) is 16.8. The second kappa shape index (κ2) is 9.19. The molecule has 0 aliphatic heterocycles. The highest BCUT2D eigenvalue weighted by molar-refractivity contribution is 7.99. The number of anilines is 1. The van der Waals surface area contributed by atoms with Gasteiger partial charge in [-0.3, -0.25) is 14.3 Å². The Balaban J connectivity index is 1.39. The zero-order chi connectivity index (χ0) is 22.8. The predicted molar refractivity (Wildman–Crippen MR) is 132 cm³/mol. The fraction of sp³-hybridized carbons (Fsp3) is 0.231. The van der Waals surface area contributed by atoms with Gasteiger partial charge in [0.05, 0.1) is 11.4 Å². The van der Waals surface area contributed by atoms with Gasteiger partial charge in [-0.15, -0.1) is 10.2 Å². The van der Waals surface area contributed by atoms with Crippen molar-refractivity contribution < 1.29 is 4.79 Å². The molecular weight excluding hydrogens is 430 g/mol. The summed E-state index contributed by atoms with van der Waals surface area (Å²) in [5.74, 6) is 0.913. The molecule has 0 spiro atoms. The monoisotopic (exact) mass is 455 g/mol. The normalized spacial score (nSPS) is 12.5. The number of thioether (sulfide) groups is 1. The van der Waals surface area contributed by atoms with Gasteiger partial charge in [0, 0.05) is 23.6 Å². The predicted octanol–water partition coefficient (Wildman–Crippen LogP) is 5.17. The van der Waals surface area contributed by atoms with Crippen molar-refractivity contribution in [2.75, 3.05) is 11.1 Å². The third-order valence-electron chi connectivity index (χ3n) is 6.04. The van der Waals surface area contributed by atoms with E-state index in [1.54, 1.807) is 12.4 Å². The number of hydrogen-bond acceptors (Lipinski definition) is 5. The van der Waals surface area contributed by atoms with Crippen LogP contribution in [0.1, 0.15) is 28.7 Å². The molecule has 0 radical (unpaired) electrons. The third kappa shape index (κ3) is 4.54. The average Bonchev–Trinajstić information content (AvgIpc) is 3.47. The van der Waals surface area contributed by atoms with Crippen molar-refractivity contribution in [2.24, 2.45) is 0 Å². The molecule has 0 unspecified atom stereocenters. The molecule has 1 aliphatic rings. The molecule has 2 heterocycles. The fourth-order valence-electron chi connectivity index (χ4n) is 4.13. The van der Waals surface area contributed by atoms with Gasteiger partial charge < -0.3 is 5.32 Å². The molecule has 5 rings (SSSR count). The Morgan fingerprint density at radius 3 is 2.61 bits per heavy atom. The number of aryl methyl sites for hydroxylation is 4. The van der Waals surface area contributed by atoms with Crippen molar-refractivity contribution in [3.8, 4) is 17.1 Å². The molecule has 0 fully saturated rings. The molecular formula is C26H25N5OS. The topological polar surface area (TPSA) is 72.7 Å². The SMILES string of the molecule is Cc1ccc(-n2c(SCC(=O)Nc3ccc4c(c3)CCC4)nnc2-c2ccncc2)cc1C. The molecule has 1 aliphatic carbocycles. The van der Waals surface area contributed by atoms with E-state index in [0.717, 1.165) is 35.6 Å². The number of nitrogens with one attached hydrogen (secondary N) is 1. The maximum absolute atomic E-state index is 12.7. The lowest BCUT2D eigenvalue weighted by Crippen LogP contribution is -2.14. The minimum atomic E-state index is -0.0574. The van der Waals surface area contributed by atoms with E-state index in [2.05, 4.69) is 64.7 Å². The van der Waals surface area contributed by atoms with Crippen molar-refractivity contribution in [1.29, 1.82) is 0 Å². The summed E-state index contributed by atoms with van der Waals surface area (Å²) in [6.07, 6.45) is 6.89. The van der Waals surface area contributed by atoms with E-state index >= 15 is 0 Å². The van der Waals surface area contributed by atoms with Crippen molar-refractivity contribution in [3.05, 3.63) is 83.2 Å². The molecule has 0 saturated heterocycles. The minimum Gasteiger partial charge on any atom is -0.325 e. The fourth-order valence-corrected chi connectivity index (χ4v) is 4.88. The largest absolute Gasteiger partial charge is 0.325 e. The summed E-state index contributed by atoms with van der Waals surface area (Å²) in [6.45, 7) is 4.18. The molecule has 0 saturated carbocycles. The number of pyridine rings is 1. The van der Waals surface area contributed by atoms with Crippen LogP contribution in [-0.2, 0) is 17.6 Å². The lowest BCUT2D eigenvalue weighted by molar-refractivity contribution is -0.113. The number of nitrogens with zero attached hydrogens (tertiary/aromatic N) is 4. The van der Waals surface area contributed by atoms with Crippen LogP contribution in [0.25, 0.3) is 17.1 Å². The van der Waals surface area contributed by atoms with Crippen LogP contribution >= 0.6 is 11.8 Å². The van der Waals surface area contributed by atoms with Crippen LogP contribution in [0.2, 0.25) is 0 Å². The van der Waals surface area contributed by atoms with Crippen LogP contribution in [0.5, 0.6) is 0 Å². The number of aromatic nitrogens is 4. The second-order valence-corrected chi connectivity index (χ2v) is 9.26. The first kappa shape index (κ1) is 21.4. The smallest absolute Gasteiger partial charge is 0.234 e. The molecule has 2 aromatic carbocycles. The Morgan fingerprint density at radius 2 is 1.79 bits per heavy atom. The third-order valence-corrected chi connectivity index (χ3v) is 6.96. The summed E-state index contributed by atoms with van der Waals surface area (Å²) in [6, 6.07) is 16.3. The molecule has 6 nitrogen and oxygen atoms in total. The van der Waals surface area contributed by atoms with Gasteiger partial charge in [-0.05, 0) is 91.8 Å². The molecule has 1 amide bonds. The molecule has 166 valence electrons. The standard InChI is InChI=1S/C26H25N5OS/c1-17-6-9-23(14-18(17)2)31-25(20-10-12-27-13-11-20)29-30-26(31)33-16-24(32)28-22-8-7-19-4-3-5-21(19)15-22/h6-15H,3-5,16H2,1-2H3,(H,28,32). The summed E-state index contributed by atoms with van der Waals surface area (Å²) in [5.41, 5.74) is 7.90. The van der Waals surface area contributed by atoms with Gasteiger partial charge in [0.2, 0.25) is 5.91 Å². The lowest BCUT2D eigenvalue weighted by atomic mass is 10.1. The number of rotatable bonds is 6. The molecule has 4 aromatic rings. The minimum absolute atomic E-state index is 0.0574. The van der Waals surface area contributed by atoms with Crippen molar-refractivity contribution in [1.82, 2.24) is 19.7 Å². The van der Waals surface area contributed by atoms with Crippen molar-refractivity contribution in [2.45, 2.75) is 38.3 Å². The number of carbonyl (C=O) groups is 1. The van der Waals surface area contributed by atoms with Crippen LogP contribution < -0.4 is 5.32 Å². The number of carbonyl (C=O) groups excluding carboxylic acids is 1. The van der Waals surface area contributed by atoms with Crippen molar-refractivity contribution in [3.63, 3.8) is 0 Å². The van der Waals surface area contributed by atoms with E-state index < -0.39 is 0 Å². The summed E-state index contributed by atoms with van der Waals surface area (Å²) in [7, 11) is 0. The molecule has 0 bridgehead atoms. The number of hydrogen-bond donors (Lipinski definition) is 1. The zero-order valence-electron chi connectivity index (χ0n) is 18.7. The zero-order valence-corrected chi connectivity index (χ0v) is 19.5. The molecule has 0 atom stereocenters. The molecule has 7 heteroatoms. The van der Waals surface area contributed by atoms with E-state index in [4.69, 9.17) is 0 Å². The van der Waals surface area contributed by atoms with Gasteiger partial charge in [-0.1, -0.05) is 23.9 Å².